The molecule has 0 aromatic rings. The number of allylic oxidation sites excluding steroid dienone is 1. The molecule has 2 rings (SSSR count). The quantitative estimate of drug-likeness (QED) is 0.443. The number of rotatable bonds is 1. The van der Waals surface area contributed by atoms with E-state index in [1.165, 1.54) is 19.3 Å². The lowest BCUT2D eigenvalue weighted by Gasteiger charge is -2.34. The summed E-state index contributed by atoms with van der Waals surface area (Å²) in [4.78, 5) is 10.6. The molecule has 60 valence electrons. The van der Waals surface area contributed by atoms with E-state index in [0.717, 1.165) is 6.42 Å². The van der Waals surface area contributed by atoms with Crippen LogP contribution in [0.3, 0.4) is 0 Å². The van der Waals surface area contributed by atoms with Gasteiger partial charge >= 0.3 is 0 Å². The zero-order chi connectivity index (χ0) is 7.68. The lowest BCUT2D eigenvalue weighted by Crippen LogP contribution is -2.52. The molecule has 0 bridgehead atoms. The second kappa shape index (κ2) is 2.68. The largest absolute Gasteiger partial charge is 0.352 e. The molecule has 1 amide bonds. The number of amides is 1. The molecule has 1 N–H and O–H groups in total. The Hall–Kier alpha value is -0.790. The van der Waals surface area contributed by atoms with Gasteiger partial charge in [-0.15, -0.1) is 0 Å². The summed E-state index contributed by atoms with van der Waals surface area (Å²) in [6.07, 6.45) is 8.99. The Balaban J connectivity index is 1.90. The molecular weight excluding hydrogens is 138 g/mol. The molecule has 1 aliphatic heterocycles. The van der Waals surface area contributed by atoms with Crippen molar-refractivity contribution in [2.75, 3.05) is 0 Å². The molecule has 1 fully saturated rings. The lowest BCUT2D eigenvalue weighted by atomic mass is 9.84. The molecule has 0 aromatic heterocycles. The zero-order valence-electron chi connectivity index (χ0n) is 6.55. The Labute approximate surface area is 66.7 Å². The van der Waals surface area contributed by atoms with E-state index in [-0.39, 0.29) is 5.91 Å². The van der Waals surface area contributed by atoms with Crippen LogP contribution in [0.25, 0.3) is 0 Å². The van der Waals surface area contributed by atoms with Crippen LogP contribution in [0.15, 0.2) is 12.2 Å². The van der Waals surface area contributed by atoms with Crippen LogP contribution in [-0.4, -0.2) is 11.9 Å². The van der Waals surface area contributed by atoms with Crippen molar-refractivity contribution in [3.63, 3.8) is 0 Å². The molecule has 1 saturated heterocycles. The molecule has 0 spiro atoms. The predicted molar refractivity (Wildman–Crippen MR) is 43.0 cm³/mol. The molecule has 1 heterocycles. The van der Waals surface area contributed by atoms with Crippen molar-refractivity contribution in [1.82, 2.24) is 5.32 Å². The van der Waals surface area contributed by atoms with Crippen molar-refractivity contribution < 1.29 is 4.79 Å². The number of hydrogen-bond donors (Lipinski definition) is 1. The van der Waals surface area contributed by atoms with E-state index in [9.17, 15) is 4.79 Å². The molecule has 2 aliphatic rings. The summed E-state index contributed by atoms with van der Waals surface area (Å²) in [5, 5.41) is 2.92. The molecule has 2 atom stereocenters. The smallest absolute Gasteiger partial charge is 0.222 e. The number of carbonyl (C=O) groups excluding carboxylic acids is 1. The SMILES string of the molecule is O=C1C[C@@H]([C@@H]2C=CCCC2)N1. The maximum atomic E-state index is 10.6. The van der Waals surface area contributed by atoms with E-state index in [1.54, 1.807) is 0 Å². The van der Waals surface area contributed by atoms with E-state index in [1.807, 2.05) is 0 Å². The summed E-state index contributed by atoms with van der Waals surface area (Å²) < 4.78 is 0. The molecule has 2 nitrogen and oxygen atoms in total. The van der Waals surface area contributed by atoms with Gasteiger partial charge in [-0.2, -0.15) is 0 Å². The van der Waals surface area contributed by atoms with Gasteiger partial charge in [0.2, 0.25) is 5.91 Å². The second-order valence-electron chi connectivity index (χ2n) is 3.40. The van der Waals surface area contributed by atoms with E-state index in [4.69, 9.17) is 0 Å². The van der Waals surface area contributed by atoms with Crippen LogP contribution >= 0.6 is 0 Å². The van der Waals surface area contributed by atoms with Crippen LogP contribution in [0.5, 0.6) is 0 Å². The van der Waals surface area contributed by atoms with Gasteiger partial charge in [0.15, 0.2) is 0 Å². The van der Waals surface area contributed by atoms with Gasteiger partial charge < -0.3 is 5.32 Å². The van der Waals surface area contributed by atoms with Gasteiger partial charge in [0.05, 0.1) is 0 Å². The van der Waals surface area contributed by atoms with Gasteiger partial charge in [0.25, 0.3) is 0 Å². The van der Waals surface area contributed by atoms with E-state index in [0.29, 0.717) is 12.0 Å². The normalized spacial score (nSPS) is 36.2. The van der Waals surface area contributed by atoms with Crippen molar-refractivity contribution in [3.05, 3.63) is 12.2 Å². The molecule has 0 saturated carbocycles. The molecule has 2 heteroatoms. The van der Waals surface area contributed by atoms with Gasteiger partial charge in [0, 0.05) is 12.5 Å². The van der Waals surface area contributed by atoms with E-state index < -0.39 is 0 Å². The molecular formula is C9H13NO. The van der Waals surface area contributed by atoms with Crippen LogP contribution in [0.4, 0.5) is 0 Å². The van der Waals surface area contributed by atoms with Gasteiger partial charge in [0.1, 0.15) is 0 Å². The summed E-state index contributed by atoms with van der Waals surface area (Å²) in [6, 6.07) is 0.457. The third-order valence-corrected chi connectivity index (χ3v) is 2.56. The minimum Gasteiger partial charge on any atom is -0.352 e. The first-order valence-electron chi connectivity index (χ1n) is 4.32. The second-order valence-corrected chi connectivity index (χ2v) is 3.40. The highest BCUT2D eigenvalue weighted by molar-refractivity contribution is 5.82. The standard InChI is InChI=1S/C9H13NO/c11-9-6-8(10-9)7-4-2-1-3-5-7/h2,4,7-8H,1,3,5-6H2,(H,10,11)/t7-,8+/m1/s1. The third kappa shape index (κ3) is 1.30. The van der Waals surface area contributed by atoms with Crippen LogP contribution in [0.1, 0.15) is 25.7 Å². The Bertz CT molecular complexity index is 190. The van der Waals surface area contributed by atoms with Crippen molar-refractivity contribution in [2.24, 2.45) is 5.92 Å². The Morgan fingerprint density at radius 2 is 2.36 bits per heavy atom. The van der Waals surface area contributed by atoms with Crippen LogP contribution < -0.4 is 5.32 Å². The van der Waals surface area contributed by atoms with Crippen LogP contribution in [0, 0.1) is 5.92 Å². The summed E-state index contributed by atoms with van der Waals surface area (Å²) in [5.41, 5.74) is 0. The van der Waals surface area contributed by atoms with Gasteiger partial charge in [-0.25, -0.2) is 0 Å². The number of β-lactam (4-membered cyclic amide) rings is 1. The predicted octanol–water partition coefficient (Wildman–Crippen LogP) is 1.23. The number of hydrogen-bond acceptors (Lipinski definition) is 1. The van der Waals surface area contributed by atoms with Crippen LogP contribution in [-0.2, 0) is 4.79 Å². The zero-order valence-corrected chi connectivity index (χ0v) is 6.55. The summed E-state index contributed by atoms with van der Waals surface area (Å²) in [5.74, 6) is 0.843. The van der Waals surface area contributed by atoms with Crippen molar-refractivity contribution in [2.45, 2.75) is 31.7 Å². The van der Waals surface area contributed by atoms with Crippen LogP contribution in [0.2, 0.25) is 0 Å². The average Bonchev–Trinajstić information content (AvgIpc) is 2.01. The number of carbonyl (C=O) groups is 1. The van der Waals surface area contributed by atoms with E-state index in [2.05, 4.69) is 17.5 Å². The summed E-state index contributed by atoms with van der Waals surface area (Å²) in [7, 11) is 0. The fourth-order valence-corrected chi connectivity index (χ4v) is 1.82. The molecule has 0 aromatic carbocycles. The topological polar surface area (TPSA) is 29.1 Å². The average molecular weight is 151 g/mol. The molecule has 11 heavy (non-hydrogen) atoms. The van der Waals surface area contributed by atoms with Gasteiger partial charge in [-0.05, 0) is 25.2 Å². The van der Waals surface area contributed by atoms with Gasteiger partial charge in [-0.1, -0.05) is 12.2 Å². The first-order valence-corrected chi connectivity index (χ1v) is 4.32. The maximum Gasteiger partial charge on any atom is 0.222 e. The fraction of sp³-hybridized carbons (Fsp3) is 0.667. The Morgan fingerprint density at radius 3 is 2.91 bits per heavy atom. The fourth-order valence-electron chi connectivity index (χ4n) is 1.82. The minimum atomic E-state index is 0.217. The maximum absolute atomic E-state index is 10.6. The van der Waals surface area contributed by atoms with Crippen molar-refractivity contribution >= 4 is 5.91 Å². The lowest BCUT2D eigenvalue weighted by molar-refractivity contribution is -0.129. The Kier molecular flexibility index (Phi) is 1.68. The minimum absolute atomic E-state index is 0.217. The highest BCUT2D eigenvalue weighted by Gasteiger charge is 2.31. The highest BCUT2D eigenvalue weighted by atomic mass is 16.2. The first-order chi connectivity index (χ1) is 5.36. The molecule has 1 aliphatic carbocycles. The molecule has 0 radical (unpaired) electrons. The van der Waals surface area contributed by atoms with Crippen molar-refractivity contribution in [3.8, 4) is 0 Å². The number of nitrogens with one attached hydrogen (secondary N) is 1. The monoisotopic (exact) mass is 151 g/mol. The van der Waals surface area contributed by atoms with Gasteiger partial charge in [-0.3, -0.25) is 4.79 Å². The first kappa shape index (κ1) is 6.89. The molecule has 0 unspecified atom stereocenters. The van der Waals surface area contributed by atoms with Crippen molar-refractivity contribution in [1.29, 1.82) is 0 Å². The summed E-state index contributed by atoms with van der Waals surface area (Å²) in [6.45, 7) is 0. The highest BCUT2D eigenvalue weighted by Crippen LogP contribution is 2.25. The van der Waals surface area contributed by atoms with E-state index >= 15 is 0 Å². The summed E-state index contributed by atoms with van der Waals surface area (Å²) >= 11 is 0. The Morgan fingerprint density at radius 1 is 1.55 bits per heavy atom. The third-order valence-electron chi connectivity index (χ3n) is 2.56.